The molecule has 104 valence electrons. The Morgan fingerprint density at radius 2 is 2.25 bits per heavy atom. The summed E-state index contributed by atoms with van der Waals surface area (Å²) in [5.74, 6) is -1.33. The van der Waals surface area contributed by atoms with E-state index in [1.54, 1.807) is 18.4 Å². The summed E-state index contributed by atoms with van der Waals surface area (Å²) in [7, 11) is 0. The Kier molecular flexibility index (Phi) is 2.90. The molecule has 0 fully saturated rings. The summed E-state index contributed by atoms with van der Waals surface area (Å²) in [6, 6.07) is 0.967. The lowest BCUT2D eigenvalue weighted by Gasteiger charge is -2.28. The van der Waals surface area contributed by atoms with Crippen LogP contribution in [0.5, 0.6) is 5.06 Å². The molecule has 1 aliphatic carbocycles. The van der Waals surface area contributed by atoms with Crippen molar-refractivity contribution in [2.45, 2.75) is 19.4 Å². The highest BCUT2D eigenvalue weighted by Gasteiger charge is 2.37. The van der Waals surface area contributed by atoms with E-state index in [-0.39, 0.29) is 16.7 Å². The van der Waals surface area contributed by atoms with Crippen molar-refractivity contribution in [1.29, 1.82) is 0 Å². The Balaban J connectivity index is 1.97. The number of halogens is 1. The molecule has 2 N–H and O–H groups in total. The first-order chi connectivity index (χ1) is 9.49. The van der Waals surface area contributed by atoms with Crippen LogP contribution in [0.1, 0.15) is 23.7 Å². The van der Waals surface area contributed by atoms with E-state index in [2.05, 4.69) is 0 Å². The third kappa shape index (κ3) is 1.84. The van der Waals surface area contributed by atoms with Gasteiger partial charge in [0.25, 0.3) is 5.91 Å². The van der Waals surface area contributed by atoms with Gasteiger partial charge in [0.2, 0.25) is 0 Å². The summed E-state index contributed by atoms with van der Waals surface area (Å²) >= 11 is 1.07. The molecule has 0 radical (unpaired) electrons. The maximum atomic E-state index is 13.9. The van der Waals surface area contributed by atoms with Crippen LogP contribution in [0.2, 0.25) is 0 Å². The Morgan fingerprint density at radius 3 is 2.90 bits per heavy atom. The van der Waals surface area contributed by atoms with Gasteiger partial charge in [-0.05, 0) is 25.5 Å². The summed E-state index contributed by atoms with van der Waals surface area (Å²) in [5, 5.41) is 20.4. The summed E-state index contributed by atoms with van der Waals surface area (Å²) in [4.78, 5) is 14.0. The molecule has 20 heavy (non-hydrogen) atoms. The zero-order valence-electron chi connectivity index (χ0n) is 10.6. The normalized spacial score (nSPS) is 21.7. The Labute approximate surface area is 118 Å². The first-order valence-electron chi connectivity index (χ1n) is 6.07. The van der Waals surface area contributed by atoms with Crippen molar-refractivity contribution >= 4 is 17.2 Å². The molecular formula is C14H12FNO3S. The van der Waals surface area contributed by atoms with Gasteiger partial charge < -0.3 is 15.1 Å². The standard InChI is InChI=1S/C14H12FNO3S/c1-7-4-9-10(2-3-11(17)13(9)15)16(7)14(19)8-5-12(18)20-6-8/h3-6,10,17-18H,2H2,1H3. The fraction of sp³-hybridized carbons (Fsp3) is 0.214. The molecular weight excluding hydrogens is 281 g/mol. The van der Waals surface area contributed by atoms with E-state index in [1.807, 2.05) is 0 Å². The molecule has 2 heterocycles. The lowest BCUT2D eigenvalue weighted by Crippen LogP contribution is -2.36. The lowest BCUT2D eigenvalue weighted by atomic mass is 9.98. The SMILES string of the molecule is CC1=CC2=C(F)C(O)=CCC2N1C(=O)c1csc(O)c1. The number of aliphatic hydroxyl groups is 1. The highest BCUT2D eigenvalue weighted by atomic mass is 32.1. The van der Waals surface area contributed by atoms with Crippen LogP contribution in [0.25, 0.3) is 0 Å². The molecule has 4 nitrogen and oxygen atoms in total. The van der Waals surface area contributed by atoms with Crippen molar-refractivity contribution in [2.75, 3.05) is 0 Å². The molecule has 0 bridgehead atoms. The van der Waals surface area contributed by atoms with Gasteiger partial charge >= 0.3 is 0 Å². The number of carbonyl (C=O) groups excluding carboxylic acids is 1. The molecule has 0 saturated carbocycles. The van der Waals surface area contributed by atoms with Gasteiger partial charge in [-0.15, -0.1) is 11.3 Å². The van der Waals surface area contributed by atoms with Crippen molar-refractivity contribution in [3.63, 3.8) is 0 Å². The maximum absolute atomic E-state index is 13.9. The molecule has 0 spiro atoms. The van der Waals surface area contributed by atoms with E-state index < -0.39 is 11.9 Å². The second kappa shape index (κ2) is 4.49. The average molecular weight is 293 g/mol. The predicted octanol–water partition coefficient (Wildman–Crippen LogP) is 3.25. The van der Waals surface area contributed by atoms with Crippen molar-refractivity contribution in [1.82, 2.24) is 4.90 Å². The Morgan fingerprint density at radius 1 is 1.50 bits per heavy atom. The summed E-state index contributed by atoms with van der Waals surface area (Å²) in [5.41, 5.74) is 1.33. The minimum Gasteiger partial charge on any atom is -0.505 e. The highest BCUT2D eigenvalue weighted by molar-refractivity contribution is 7.12. The topological polar surface area (TPSA) is 60.8 Å². The molecule has 0 saturated heterocycles. The van der Waals surface area contributed by atoms with E-state index >= 15 is 0 Å². The number of hydrogen-bond acceptors (Lipinski definition) is 4. The Hall–Kier alpha value is -2.08. The minimum atomic E-state index is -0.677. The number of carbonyl (C=O) groups is 1. The quantitative estimate of drug-likeness (QED) is 0.835. The van der Waals surface area contributed by atoms with Crippen LogP contribution in [0, 0.1) is 0 Å². The zero-order valence-corrected chi connectivity index (χ0v) is 11.4. The second-order valence-electron chi connectivity index (χ2n) is 4.74. The summed E-state index contributed by atoms with van der Waals surface area (Å²) in [6.07, 6.45) is 3.32. The van der Waals surface area contributed by atoms with Crippen molar-refractivity contribution in [2.24, 2.45) is 0 Å². The monoisotopic (exact) mass is 293 g/mol. The number of allylic oxidation sites excluding steroid dienone is 2. The Bertz CT molecular complexity index is 686. The van der Waals surface area contributed by atoms with E-state index in [4.69, 9.17) is 0 Å². The van der Waals surface area contributed by atoms with Crippen molar-refractivity contribution in [3.8, 4) is 5.06 Å². The summed E-state index contributed by atoms with van der Waals surface area (Å²) < 4.78 is 13.9. The molecule has 0 aromatic carbocycles. The van der Waals surface area contributed by atoms with E-state index in [1.165, 1.54) is 17.0 Å². The molecule has 3 rings (SSSR count). The van der Waals surface area contributed by atoms with Crippen LogP contribution in [0.15, 0.2) is 46.5 Å². The van der Waals surface area contributed by atoms with Crippen LogP contribution in [0.4, 0.5) is 4.39 Å². The second-order valence-corrected chi connectivity index (χ2v) is 5.63. The van der Waals surface area contributed by atoms with Crippen LogP contribution in [-0.4, -0.2) is 27.1 Å². The number of amides is 1. The minimum absolute atomic E-state index is 0.0670. The fourth-order valence-electron chi connectivity index (χ4n) is 2.56. The number of rotatable bonds is 1. The fourth-order valence-corrected chi connectivity index (χ4v) is 3.17. The van der Waals surface area contributed by atoms with Crippen LogP contribution in [0.3, 0.4) is 0 Å². The smallest absolute Gasteiger partial charge is 0.259 e. The van der Waals surface area contributed by atoms with E-state index in [0.29, 0.717) is 23.3 Å². The number of aromatic hydroxyl groups is 1. The van der Waals surface area contributed by atoms with Gasteiger partial charge in [0, 0.05) is 22.7 Å². The number of nitrogens with zero attached hydrogens (tertiary/aromatic N) is 1. The van der Waals surface area contributed by atoms with Crippen molar-refractivity contribution < 1.29 is 19.4 Å². The van der Waals surface area contributed by atoms with E-state index in [9.17, 15) is 19.4 Å². The largest absolute Gasteiger partial charge is 0.505 e. The van der Waals surface area contributed by atoms with Crippen LogP contribution >= 0.6 is 11.3 Å². The highest BCUT2D eigenvalue weighted by Crippen LogP contribution is 2.38. The molecule has 1 aromatic heterocycles. The number of hydrogen-bond donors (Lipinski definition) is 2. The van der Waals surface area contributed by atoms with Gasteiger partial charge in [-0.1, -0.05) is 0 Å². The van der Waals surface area contributed by atoms with Gasteiger partial charge in [0.1, 0.15) is 5.76 Å². The number of aliphatic hydroxyl groups excluding tert-OH is 1. The number of thiophene rings is 1. The third-order valence-corrected chi connectivity index (χ3v) is 4.21. The zero-order chi connectivity index (χ0) is 14.4. The van der Waals surface area contributed by atoms with Crippen LogP contribution < -0.4 is 0 Å². The molecule has 6 heteroatoms. The van der Waals surface area contributed by atoms with Crippen molar-refractivity contribution in [3.05, 3.63) is 52.0 Å². The first kappa shape index (κ1) is 12.9. The van der Waals surface area contributed by atoms with Gasteiger partial charge in [0.15, 0.2) is 10.9 Å². The molecule has 1 aromatic rings. The first-order valence-corrected chi connectivity index (χ1v) is 6.95. The average Bonchev–Trinajstić information content (AvgIpc) is 2.97. The molecule has 1 unspecified atom stereocenters. The number of fused-ring (bicyclic) bond motifs is 1. The molecule has 1 amide bonds. The third-order valence-electron chi connectivity index (χ3n) is 3.48. The molecule has 1 atom stereocenters. The van der Waals surface area contributed by atoms with E-state index in [0.717, 1.165) is 11.3 Å². The lowest BCUT2D eigenvalue weighted by molar-refractivity contribution is 0.0779. The molecule has 1 aliphatic heterocycles. The predicted molar refractivity (Wildman–Crippen MR) is 73.2 cm³/mol. The van der Waals surface area contributed by atoms with Crippen LogP contribution in [-0.2, 0) is 0 Å². The summed E-state index contributed by atoms with van der Waals surface area (Å²) in [6.45, 7) is 1.72. The maximum Gasteiger partial charge on any atom is 0.259 e. The van der Waals surface area contributed by atoms with Gasteiger partial charge in [0.05, 0.1) is 11.6 Å². The van der Waals surface area contributed by atoms with Gasteiger partial charge in [-0.2, -0.15) is 0 Å². The van der Waals surface area contributed by atoms with Gasteiger partial charge in [-0.25, -0.2) is 4.39 Å². The van der Waals surface area contributed by atoms with Gasteiger partial charge in [-0.3, -0.25) is 4.79 Å². The molecule has 2 aliphatic rings.